The van der Waals surface area contributed by atoms with Gasteiger partial charge in [0.1, 0.15) is 18.3 Å². The Bertz CT molecular complexity index is 888. The topological polar surface area (TPSA) is 59.8 Å². The summed E-state index contributed by atoms with van der Waals surface area (Å²) in [6, 6.07) is 11.7. The van der Waals surface area contributed by atoms with Crippen LogP contribution in [0.25, 0.3) is 5.69 Å². The Morgan fingerprint density at radius 3 is 2.80 bits per heavy atom. The van der Waals surface area contributed by atoms with Crippen molar-refractivity contribution in [3.8, 4) is 5.69 Å². The summed E-state index contributed by atoms with van der Waals surface area (Å²) in [6.45, 7) is 1.77. The Morgan fingerprint density at radius 1 is 1.32 bits per heavy atom. The highest BCUT2D eigenvalue weighted by Crippen LogP contribution is 2.30. The van der Waals surface area contributed by atoms with E-state index in [9.17, 15) is 9.18 Å². The van der Waals surface area contributed by atoms with E-state index in [-0.39, 0.29) is 11.6 Å². The Labute approximate surface area is 153 Å². The number of amides is 1. The van der Waals surface area contributed by atoms with E-state index in [2.05, 4.69) is 15.4 Å². The van der Waals surface area contributed by atoms with E-state index in [1.807, 2.05) is 18.2 Å². The highest BCUT2D eigenvalue weighted by molar-refractivity contribution is 8.00. The zero-order valence-corrected chi connectivity index (χ0v) is 14.8. The molecular formula is C17H14ClFN4OS. The summed E-state index contributed by atoms with van der Waals surface area (Å²) >= 11 is 7.45. The molecule has 1 unspecified atom stereocenters. The van der Waals surface area contributed by atoms with Gasteiger partial charge < -0.3 is 5.32 Å². The summed E-state index contributed by atoms with van der Waals surface area (Å²) in [6.07, 6.45) is 2.72. The molecular weight excluding hydrogens is 363 g/mol. The molecule has 3 rings (SSSR count). The van der Waals surface area contributed by atoms with Gasteiger partial charge in [-0.15, -0.1) is 11.8 Å². The third kappa shape index (κ3) is 4.18. The van der Waals surface area contributed by atoms with Crippen LogP contribution in [0.1, 0.15) is 6.92 Å². The maximum atomic E-state index is 14.2. The lowest BCUT2D eigenvalue weighted by Crippen LogP contribution is -2.22. The molecule has 1 heterocycles. The number of thioether (sulfide) groups is 1. The number of hydrogen-bond acceptors (Lipinski definition) is 4. The normalized spacial score (nSPS) is 12.0. The molecule has 0 aliphatic heterocycles. The molecule has 0 radical (unpaired) electrons. The minimum atomic E-state index is -0.505. The fraction of sp³-hybridized carbons (Fsp3) is 0.118. The quantitative estimate of drug-likeness (QED) is 0.678. The Hall–Kier alpha value is -2.38. The van der Waals surface area contributed by atoms with Crippen LogP contribution < -0.4 is 5.32 Å². The predicted octanol–water partition coefficient (Wildman–Crippen LogP) is 4.18. The van der Waals surface area contributed by atoms with Crippen LogP contribution in [0.3, 0.4) is 0 Å². The number of hydrogen-bond donors (Lipinski definition) is 1. The molecule has 0 saturated heterocycles. The number of benzene rings is 2. The van der Waals surface area contributed by atoms with E-state index in [1.165, 1.54) is 41.2 Å². The van der Waals surface area contributed by atoms with Crippen molar-refractivity contribution < 1.29 is 9.18 Å². The van der Waals surface area contributed by atoms with Crippen molar-refractivity contribution in [2.45, 2.75) is 17.1 Å². The molecule has 1 atom stereocenters. The molecule has 2 aromatic carbocycles. The fourth-order valence-corrected chi connectivity index (χ4v) is 3.29. The maximum Gasteiger partial charge on any atom is 0.237 e. The molecule has 1 aromatic heterocycles. The first-order chi connectivity index (χ1) is 12.0. The van der Waals surface area contributed by atoms with Gasteiger partial charge in [0.25, 0.3) is 0 Å². The van der Waals surface area contributed by atoms with Gasteiger partial charge in [0.2, 0.25) is 5.91 Å². The largest absolute Gasteiger partial charge is 0.325 e. The maximum absolute atomic E-state index is 14.2. The van der Waals surface area contributed by atoms with Crippen molar-refractivity contribution in [1.82, 2.24) is 14.8 Å². The fourth-order valence-electron chi connectivity index (χ4n) is 2.13. The van der Waals surface area contributed by atoms with Gasteiger partial charge in [-0.2, -0.15) is 5.10 Å². The van der Waals surface area contributed by atoms with Crippen LogP contribution >= 0.6 is 23.4 Å². The Morgan fingerprint density at radius 2 is 2.12 bits per heavy atom. The average Bonchev–Trinajstić information content (AvgIpc) is 3.11. The molecule has 0 spiro atoms. The molecule has 0 saturated carbocycles. The van der Waals surface area contributed by atoms with Crippen LogP contribution in [-0.4, -0.2) is 25.9 Å². The standard InChI is InChI=1S/C17H14ClFN4OS/c1-11(25-16-5-3-2-4-13(16)18)17(24)22-12-6-7-15(14(19)8-12)23-10-20-9-21-23/h2-11H,1H3,(H,22,24). The molecule has 128 valence electrons. The number of nitrogens with one attached hydrogen (secondary N) is 1. The van der Waals surface area contributed by atoms with Crippen LogP contribution in [0.15, 0.2) is 60.0 Å². The summed E-state index contributed by atoms with van der Waals surface area (Å²) in [5.41, 5.74) is 0.631. The van der Waals surface area contributed by atoms with Gasteiger partial charge in [-0.25, -0.2) is 14.1 Å². The summed E-state index contributed by atoms with van der Waals surface area (Å²) < 4.78 is 15.5. The second kappa shape index (κ2) is 7.67. The van der Waals surface area contributed by atoms with E-state index in [1.54, 1.807) is 19.1 Å². The minimum absolute atomic E-state index is 0.238. The van der Waals surface area contributed by atoms with Crippen LogP contribution in [0.4, 0.5) is 10.1 Å². The third-order valence-electron chi connectivity index (χ3n) is 3.39. The van der Waals surface area contributed by atoms with Crippen molar-refractivity contribution in [2.24, 2.45) is 0 Å². The van der Waals surface area contributed by atoms with Gasteiger partial charge in [0.15, 0.2) is 5.82 Å². The van der Waals surface area contributed by atoms with E-state index in [4.69, 9.17) is 11.6 Å². The summed E-state index contributed by atoms with van der Waals surface area (Å²) in [5, 5.41) is 6.79. The molecule has 8 heteroatoms. The average molecular weight is 377 g/mol. The van der Waals surface area contributed by atoms with E-state index in [0.717, 1.165) is 4.90 Å². The first-order valence-corrected chi connectivity index (χ1v) is 8.67. The van der Waals surface area contributed by atoms with Crippen LogP contribution in [0.5, 0.6) is 0 Å². The number of rotatable bonds is 5. The van der Waals surface area contributed by atoms with Gasteiger partial charge >= 0.3 is 0 Å². The summed E-state index contributed by atoms with van der Waals surface area (Å²) in [4.78, 5) is 16.9. The van der Waals surface area contributed by atoms with E-state index < -0.39 is 11.1 Å². The molecule has 0 aliphatic carbocycles. The van der Waals surface area contributed by atoms with Crippen LogP contribution in [0.2, 0.25) is 5.02 Å². The lowest BCUT2D eigenvalue weighted by Gasteiger charge is -2.13. The highest BCUT2D eigenvalue weighted by atomic mass is 35.5. The van der Waals surface area contributed by atoms with E-state index >= 15 is 0 Å². The zero-order chi connectivity index (χ0) is 17.8. The zero-order valence-electron chi connectivity index (χ0n) is 13.2. The molecule has 1 N–H and O–H groups in total. The lowest BCUT2D eigenvalue weighted by molar-refractivity contribution is -0.115. The molecule has 1 amide bonds. The molecule has 3 aromatic rings. The van der Waals surface area contributed by atoms with Crippen molar-refractivity contribution in [2.75, 3.05) is 5.32 Å². The van der Waals surface area contributed by atoms with Gasteiger partial charge in [-0.1, -0.05) is 23.7 Å². The summed E-state index contributed by atoms with van der Waals surface area (Å²) in [5.74, 6) is -0.743. The first-order valence-electron chi connectivity index (χ1n) is 7.41. The van der Waals surface area contributed by atoms with Crippen molar-refractivity contribution >= 4 is 35.0 Å². The number of nitrogens with zero attached hydrogens (tertiary/aromatic N) is 3. The molecule has 0 aliphatic rings. The molecule has 0 bridgehead atoms. The van der Waals surface area contributed by atoms with Crippen molar-refractivity contribution in [3.63, 3.8) is 0 Å². The predicted molar refractivity (Wildman–Crippen MR) is 96.7 cm³/mol. The second-order valence-electron chi connectivity index (χ2n) is 5.19. The van der Waals surface area contributed by atoms with Crippen LogP contribution in [0, 0.1) is 5.82 Å². The molecule has 5 nitrogen and oxygen atoms in total. The Balaban J connectivity index is 1.68. The van der Waals surface area contributed by atoms with Crippen LogP contribution in [-0.2, 0) is 4.79 Å². The SMILES string of the molecule is CC(Sc1ccccc1Cl)C(=O)Nc1ccc(-n2cncn2)c(F)c1. The third-order valence-corrected chi connectivity index (χ3v) is 5.01. The number of carbonyl (C=O) groups is 1. The monoisotopic (exact) mass is 376 g/mol. The highest BCUT2D eigenvalue weighted by Gasteiger charge is 2.17. The number of anilines is 1. The number of aromatic nitrogens is 3. The van der Waals surface area contributed by atoms with Crippen molar-refractivity contribution in [3.05, 3.63) is 66.0 Å². The van der Waals surface area contributed by atoms with Gasteiger partial charge in [-0.3, -0.25) is 4.79 Å². The molecule has 0 fully saturated rings. The Kier molecular flexibility index (Phi) is 5.35. The first kappa shape index (κ1) is 17.4. The minimum Gasteiger partial charge on any atom is -0.325 e. The van der Waals surface area contributed by atoms with Gasteiger partial charge in [0, 0.05) is 10.6 Å². The van der Waals surface area contributed by atoms with E-state index in [0.29, 0.717) is 10.7 Å². The van der Waals surface area contributed by atoms with Gasteiger partial charge in [0.05, 0.1) is 10.3 Å². The van der Waals surface area contributed by atoms with Crippen molar-refractivity contribution in [1.29, 1.82) is 0 Å². The number of carbonyl (C=O) groups excluding carboxylic acids is 1. The lowest BCUT2D eigenvalue weighted by atomic mass is 10.2. The number of halogens is 2. The summed E-state index contributed by atoms with van der Waals surface area (Å²) in [7, 11) is 0. The smallest absolute Gasteiger partial charge is 0.237 e. The molecule has 25 heavy (non-hydrogen) atoms. The second-order valence-corrected chi connectivity index (χ2v) is 6.98. The van der Waals surface area contributed by atoms with Gasteiger partial charge in [-0.05, 0) is 37.3 Å².